The van der Waals surface area contributed by atoms with E-state index in [1.807, 2.05) is 0 Å². The van der Waals surface area contributed by atoms with Gasteiger partial charge in [-0.3, -0.25) is 0 Å². The highest BCUT2D eigenvalue weighted by Gasteiger charge is 2.13. The van der Waals surface area contributed by atoms with Gasteiger partial charge in [0.25, 0.3) is 0 Å². The summed E-state index contributed by atoms with van der Waals surface area (Å²) in [6, 6.07) is 8.35. The van der Waals surface area contributed by atoms with Crippen LogP contribution in [0.4, 0.5) is 0 Å². The number of rotatable bonds is 6. The van der Waals surface area contributed by atoms with Crippen LogP contribution in [0, 0.1) is 6.92 Å². The molecule has 1 aromatic carbocycles. The molecule has 0 bridgehead atoms. The number of nitrogens with two attached hydrogens (primary N) is 1. The van der Waals surface area contributed by atoms with Crippen LogP contribution in [0.2, 0.25) is 0 Å². The van der Waals surface area contributed by atoms with Gasteiger partial charge in [0.2, 0.25) is 5.89 Å². The van der Waals surface area contributed by atoms with Crippen molar-refractivity contribution >= 4 is 0 Å². The van der Waals surface area contributed by atoms with Crippen LogP contribution in [0.15, 0.2) is 28.8 Å². The van der Waals surface area contributed by atoms with Crippen molar-refractivity contribution in [3.63, 3.8) is 0 Å². The van der Waals surface area contributed by atoms with Gasteiger partial charge in [-0.1, -0.05) is 48.3 Å². The maximum absolute atomic E-state index is 5.96. The molecular formula is C15H21N3O. The molecule has 0 radical (unpaired) electrons. The SMILES string of the molecule is CCCC(N)c1noc(CCc2cccc(C)c2)n1. The highest BCUT2D eigenvalue weighted by molar-refractivity contribution is 5.22. The Labute approximate surface area is 114 Å². The second-order valence-electron chi connectivity index (χ2n) is 4.93. The van der Waals surface area contributed by atoms with Crippen LogP contribution in [-0.4, -0.2) is 10.1 Å². The van der Waals surface area contributed by atoms with E-state index in [4.69, 9.17) is 10.3 Å². The van der Waals surface area contributed by atoms with Gasteiger partial charge in [-0.15, -0.1) is 0 Å². The van der Waals surface area contributed by atoms with Gasteiger partial charge in [-0.05, 0) is 25.3 Å². The second-order valence-corrected chi connectivity index (χ2v) is 4.93. The molecule has 0 saturated heterocycles. The molecule has 102 valence electrons. The monoisotopic (exact) mass is 259 g/mol. The Morgan fingerprint density at radius 1 is 1.32 bits per heavy atom. The van der Waals surface area contributed by atoms with Crippen molar-refractivity contribution < 1.29 is 4.52 Å². The molecule has 19 heavy (non-hydrogen) atoms. The molecule has 1 aromatic heterocycles. The number of aryl methyl sites for hydroxylation is 3. The average molecular weight is 259 g/mol. The summed E-state index contributed by atoms with van der Waals surface area (Å²) in [6.07, 6.45) is 3.58. The van der Waals surface area contributed by atoms with E-state index in [0.717, 1.165) is 25.7 Å². The third kappa shape index (κ3) is 3.89. The number of aromatic nitrogens is 2. The Morgan fingerprint density at radius 2 is 2.16 bits per heavy atom. The molecule has 4 heteroatoms. The van der Waals surface area contributed by atoms with Crippen LogP contribution >= 0.6 is 0 Å². The summed E-state index contributed by atoms with van der Waals surface area (Å²) in [5.74, 6) is 1.30. The van der Waals surface area contributed by atoms with E-state index in [9.17, 15) is 0 Å². The van der Waals surface area contributed by atoms with E-state index in [-0.39, 0.29) is 6.04 Å². The lowest BCUT2D eigenvalue weighted by Gasteiger charge is -2.02. The van der Waals surface area contributed by atoms with Crippen molar-refractivity contribution in [2.45, 2.75) is 45.6 Å². The topological polar surface area (TPSA) is 64.9 Å². The van der Waals surface area contributed by atoms with Gasteiger partial charge < -0.3 is 10.3 Å². The summed E-state index contributed by atoms with van der Waals surface area (Å²) in [6.45, 7) is 4.19. The molecule has 2 N–H and O–H groups in total. The van der Waals surface area contributed by atoms with Crippen LogP contribution in [0.3, 0.4) is 0 Å². The predicted molar refractivity (Wildman–Crippen MR) is 74.7 cm³/mol. The van der Waals surface area contributed by atoms with E-state index >= 15 is 0 Å². The van der Waals surface area contributed by atoms with Crippen LogP contribution in [0.1, 0.15) is 48.6 Å². The molecule has 0 spiro atoms. The molecule has 1 heterocycles. The molecule has 0 aliphatic rings. The molecule has 0 fully saturated rings. The minimum atomic E-state index is -0.110. The van der Waals surface area contributed by atoms with Crippen molar-refractivity contribution in [1.29, 1.82) is 0 Å². The lowest BCUT2D eigenvalue weighted by atomic mass is 10.1. The maximum atomic E-state index is 5.96. The summed E-state index contributed by atoms with van der Waals surface area (Å²) in [5, 5.41) is 3.95. The summed E-state index contributed by atoms with van der Waals surface area (Å²) >= 11 is 0. The molecule has 2 rings (SSSR count). The van der Waals surface area contributed by atoms with Gasteiger partial charge >= 0.3 is 0 Å². The summed E-state index contributed by atoms with van der Waals surface area (Å²) in [7, 11) is 0. The quantitative estimate of drug-likeness (QED) is 0.866. The standard InChI is InChI=1S/C15H21N3O/c1-3-5-13(16)15-17-14(19-18-15)9-8-12-7-4-6-11(2)10-12/h4,6-7,10,13H,3,5,8-9,16H2,1-2H3. The molecule has 0 aliphatic carbocycles. The fourth-order valence-corrected chi connectivity index (χ4v) is 2.08. The van der Waals surface area contributed by atoms with E-state index in [0.29, 0.717) is 11.7 Å². The molecule has 0 saturated carbocycles. The zero-order valence-corrected chi connectivity index (χ0v) is 11.6. The van der Waals surface area contributed by atoms with Gasteiger partial charge in [0.1, 0.15) is 0 Å². The highest BCUT2D eigenvalue weighted by atomic mass is 16.5. The molecule has 1 unspecified atom stereocenters. The Balaban J connectivity index is 1.93. The average Bonchev–Trinajstić information content (AvgIpc) is 2.86. The Bertz CT molecular complexity index is 522. The number of hydrogen-bond donors (Lipinski definition) is 1. The molecule has 1 atom stereocenters. The second kappa shape index (κ2) is 6.48. The largest absolute Gasteiger partial charge is 0.339 e. The van der Waals surface area contributed by atoms with E-state index in [2.05, 4.69) is 48.3 Å². The van der Waals surface area contributed by atoms with Gasteiger partial charge in [0.15, 0.2) is 5.82 Å². The van der Waals surface area contributed by atoms with Crippen LogP contribution < -0.4 is 5.73 Å². The first kappa shape index (κ1) is 13.7. The highest BCUT2D eigenvalue weighted by Crippen LogP contribution is 2.13. The number of benzene rings is 1. The molecule has 4 nitrogen and oxygen atoms in total. The Morgan fingerprint density at radius 3 is 2.89 bits per heavy atom. The molecular weight excluding hydrogens is 238 g/mol. The van der Waals surface area contributed by atoms with Gasteiger partial charge in [-0.25, -0.2) is 0 Å². The van der Waals surface area contributed by atoms with Gasteiger partial charge in [0, 0.05) is 6.42 Å². The number of nitrogens with zero attached hydrogens (tertiary/aromatic N) is 2. The van der Waals surface area contributed by atoms with E-state index < -0.39 is 0 Å². The minimum absolute atomic E-state index is 0.110. The van der Waals surface area contributed by atoms with Crippen LogP contribution in [-0.2, 0) is 12.8 Å². The zero-order chi connectivity index (χ0) is 13.7. The lowest BCUT2D eigenvalue weighted by Crippen LogP contribution is -2.11. The van der Waals surface area contributed by atoms with Crippen molar-refractivity contribution in [1.82, 2.24) is 10.1 Å². The minimum Gasteiger partial charge on any atom is -0.339 e. The first-order valence-corrected chi connectivity index (χ1v) is 6.82. The van der Waals surface area contributed by atoms with Crippen molar-refractivity contribution in [2.24, 2.45) is 5.73 Å². The van der Waals surface area contributed by atoms with Crippen LogP contribution in [0.5, 0.6) is 0 Å². The zero-order valence-electron chi connectivity index (χ0n) is 11.6. The molecule has 2 aromatic rings. The van der Waals surface area contributed by atoms with Crippen molar-refractivity contribution in [2.75, 3.05) is 0 Å². The van der Waals surface area contributed by atoms with Crippen molar-refractivity contribution in [3.8, 4) is 0 Å². The predicted octanol–water partition coefficient (Wildman–Crippen LogP) is 2.96. The first-order chi connectivity index (χ1) is 9.19. The lowest BCUT2D eigenvalue weighted by molar-refractivity contribution is 0.368. The summed E-state index contributed by atoms with van der Waals surface area (Å²) in [4.78, 5) is 4.36. The van der Waals surface area contributed by atoms with E-state index in [1.165, 1.54) is 11.1 Å². The molecule has 0 amide bonds. The fourth-order valence-electron chi connectivity index (χ4n) is 2.08. The van der Waals surface area contributed by atoms with Gasteiger partial charge in [0.05, 0.1) is 6.04 Å². The third-order valence-corrected chi connectivity index (χ3v) is 3.13. The van der Waals surface area contributed by atoms with Crippen molar-refractivity contribution in [3.05, 3.63) is 47.1 Å². The summed E-state index contributed by atoms with van der Waals surface area (Å²) < 4.78 is 5.24. The van der Waals surface area contributed by atoms with Gasteiger partial charge in [-0.2, -0.15) is 4.98 Å². The smallest absolute Gasteiger partial charge is 0.227 e. The first-order valence-electron chi connectivity index (χ1n) is 6.82. The Kier molecular flexibility index (Phi) is 4.68. The summed E-state index contributed by atoms with van der Waals surface area (Å²) in [5.41, 5.74) is 8.52. The third-order valence-electron chi connectivity index (χ3n) is 3.13. The normalized spacial score (nSPS) is 12.6. The molecule has 0 aliphatic heterocycles. The maximum Gasteiger partial charge on any atom is 0.227 e. The Hall–Kier alpha value is -1.68. The fraction of sp³-hybridized carbons (Fsp3) is 0.467. The van der Waals surface area contributed by atoms with Crippen LogP contribution in [0.25, 0.3) is 0 Å². The number of hydrogen-bond acceptors (Lipinski definition) is 4. The van der Waals surface area contributed by atoms with E-state index in [1.54, 1.807) is 0 Å².